The summed E-state index contributed by atoms with van der Waals surface area (Å²) in [5.74, 6) is 0.392. The standard InChI is InChI=1S/C17H22NOP/c1-4-18(3)12-14-9-7-8-13(2)17(14)20-16-11-6-5-10-15(16)19/h5-11,19-20H,4,12H2,1-3H3. The lowest BCUT2D eigenvalue weighted by Gasteiger charge is -2.19. The molecule has 2 aromatic carbocycles. The number of hydrogen-bond acceptors (Lipinski definition) is 2. The van der Waals surface area contributed by atoms with Crippen LogP contribution >= 0.6 is 8.58 Å². The van der Waals surface area contributed by atoms with E-state index in [9.17, 15) is 5.11 Å². The minimum Gasteiger partial charge on any atom is -0.507 e. The van der Waals surface area contributed by atoms with E-state index < -0.39 is 0 Å². The number of benzene rings is 2. The van der Waals surface area contributed by atoms with Gasteiger partial charge in [0.05, 0.1) is 0 Å². The molecular weight excluding hydrogens is 265 g/mol. The van der Waals surface area contributed by atoms with Gasteiger partial charge in [0.15, 0.2) is 0 Å². The summed E-state index contributed by atoms with van der Waals surface area (Å²) in [6, 6.07) is 14.1. The Bertz CT molecular complexity index is 583. The van der Waals surface area contributed by atoms with E-state index in [-0.39, 0.29) is 0 Å². The number of aromatic hydroxyl groups is 1. The fourth-order valence-corrected chi connectivity index (χ4v) is 3.42. The van der Waals surface area contributed by atoms with Crippen molar-refractivity contribution >= 4 is 19.2 Å². The third kappa shape index (κ3) is 3.59. The molecule has 20 heavy (non-hydrogen) atoms. The number of phenolic OH excluding ortho intramolecular Hbond substituents is 1. The summed E-state index contributed by atoms with van der Waals surface area (Å²) in [6.45, 7) is 6.31. The number of aryl methyl sites for hydroxylation is 1. The molecule has 2 aromatic rings. The fourth-order valence-electron chi connectivity index (χ4n) is 2.16. The van der Waals surface area contributed by atoms with Crippen LogP contribution in [0.15, 0.2) is 42.5 Å². The number of para-hydroxylation sites is 1. The van der Waals surface area contributed by atoms with Gasteiger partial charge < -0.3 is 10.0 Å². The summed E-state index contributed by atoms with van der Waals surface area (Å²) in [5, 5.41) is 12.3. The molecule has 106 valence electrons. The van der Waals surface area contributed by atoms with Gasteiger partial charge in [-0.15, -0.1) is 0 Å². The van der Waals surface area contributed by atoms with Gasteiger partial charge in [0.1, 0.15) is 5.75 Å². The molecule has 0 radical (unpaired) electrons. The number of nitrogens with zero attached hydrogens (tertiary/aromatic N) is 1. The van der Waals surface area contributed by atoms with E-state index in [1.807, 2.05) is 18.2 Å². The quantitative estimate of drug-likeness (QED) is 0.855. The summed E-state index contributed by atoms with van der Waals surface area (Å²) in [5.41, 5.74) is 2.66. The largest absolute Gasteiger partial charge is 0.507 e. The summed E-state index contributed by atoms with van der Waals surface area (Å²) in [7, 11) is 2.63. The molecule has 2 nitrogen and oxygen atoms in total. The summed E-state index contributed by atoms with van der Waals surface area (Å²) in [4.78, 5) is 2.30. The third-order valence-corrected chi connectivity index (χ3v) is 5.16. The van der Waals surface area contributed by atoms with Crippen LogP contribution in [0, 0.1) is 6.92 Å². The minimum atomic E-state index is 0.392. The lowest BCUT2D eigenvalue weighted by Crippen LogP contribution is -2.22. The van der Waals surface area contributed by atoms with Crippen LogP contribution in [-0.4, -0.2) is 23.6 Å². The smallest absolute Gasteiger partial charge is 0.123 e. The van der Waals surface area contributed by atoms with Crippen LogP contribution in [-0.2, 0) is 6.54 Å². The first-order valence-electron chi connectivity index (χ1n) is 6.94. The highest BCUT2D eigenvalue weighted by Crippen LogP contribution is 2.22. The number of rotatable bonds is 5. The van der Waals surface area contributed by atoms with Crippen molar-refractivity contribution in [3.63, 3.8) is 0 Å². The van der Waals surface area contributed by atoms with Crippen LogP contribution in [0.1, 0.15) is 18.1 Å². The van der Waals surface area contributed by atoms with Crippen molar-refractivity contribution in [3.8, 4) is 5.75 Å². The zero-order chi connectivity index (χ0) is 14.5. The average molecular weight is 287 g/mol. The molecular formula is C17H22NOP. The maximum Gasteiger partial charge on any atom is 0.123 e. The van der Waals surface area contributed by atoms with E-state index >= 15 is 0 Å². The molecule has 1 atom stereocenters. The van der Waals surface area contributed by atoms with Gasteiger partial charge in [0.2, 0.25) is 0 Å². The van der Waals surface area contributed by atoms with Crippen molar-refractivity contribution in [1.29, 1.82) is 0 Å². The molecule has 0 spiro atoms. The van der Waals surface area contributed by atoms with Crippen LogP contribution in [0.3, 0.4) is 0 Å². The van der Waals surface area contributed by atoms with Crippen molar-refractivity contribution in [2.24, 2.45) is 0 Å². The third-order valence-electron chi connectivity index (χ3n) is 3.50. The molecule has 0 aliphatic rings. The fraction of sp³-hybridized carbons (Fsp3) is 0.294. The molecule has 1 unspecified atom stereocenters. The van der Waals surface area contributed by atoms with Gasteiger partial charge >= 0.3 is 0 Å². The average Bonchev–Trinajstić information content (AvgIpc) is 2.44. The SMILES string of the molecule is CCN(C)Cc1cccc(C)c1Pc1ccccc1O. The van der Waals surface area contributed by atoms with E-state index in [2.05, 4.69) is 44.0 Å². The van der Waals surface area contributed by atoms with E-state index in [1.54, 1.807) is 6.07 Å². The van der Waals surface area contributed by atoms with Gasteiger partial charge in [-0.05, 0) is 43.0 Å². The van der Waals surface area contributed by atoms with Crippen molar-refractivity contribution in [3.05, 3.63) is 53.6 Å². The van der Waals surface area contributed by atoms with Gasteiger partial charge in [0.25, 0.3) is 0 Å². The first-order valence-corrected chi connectivity index (χ1v) is 7.94. The molecule has 0 heterocycles. The number of hydrogen-bond donors (Lipinski definition) is 1. The van der Waals surface area contributed by atoms with Crippen molar-refractivity contribution in [1.82, 2.24) is 4.90 Å². The maximum absolute atomic E-state index is 9.98. The van der Waals surface area contributed by atoms with Crippen LogP contribution in [0.4, 0.5) is 0 Å². The van der Waals surface area contributed by atoms with Crippen molar-refractivity contribution < 1.29 is 5.11 Å². The van der Waals surface area contributed by atoms with Gasteiger partial charge in [-0.3, -0.25) is 0 Å². The Morgan fingerprint density at radius 2 is 1.85 bits per heavy atom. The first-order chi connectivity index (χ1) is 9.61. The van der Waals surface area contributed by atoms with Gasteiger partial charge in [0, 0.05) is 11.8 Å². The topological polar surface area (TPSA) is 23.5 Å². The van der Waals surface area contributed by atoms with E-state index in [0.29, 0.717) is 14.3 Å². The molecule has 0 bridgehead atoms. The zero-order valence-corrected chi connectivity index (χ0v) is 13.4. The summed E-state index contributed by atoms with van der Waals surface area (Å²) in [6.07, 6.45) is 0. The Morgan fingerprint density at radius 3 is 2.55 bits per heavy atom. The molecule has 0 aliphatic heterocycles. The Kier molecular flexibility index (Phi) is 5.17. The highest BCUT2D eigenvalue weighted by Gasteiger charge is 2.10. The predicted octanol–water partition coefficient (Wildman–Crippen LogP) is 2.78. The monoisotopic (exact) mass is 287 g/mol. The lowest BCUT2D eigenvalue weighted by molar-refractivity contribution is 0.346. The second kappa shape index (κ2) is 6.88. The van der Waals surface area contributed by atoms with Gasteiger partial charge in [-0.25, -0.2) is 0 Å². The summed E-state index contributed by atoms with van der Waals surface area (Å²) >= 11 is 0. The normalized spacial score (nSPS) is 11.6. The highest BCUT2D eigenvalue weighted by molar-refractivity contribution is 7.56. The second-order valence-electron chi connectivity index (χ2n) is 5.08. The van der Waals surface area contributed by atoms with Crippen molar-refractivity contribution in [2.75, 3.05) is 13.6 Å². The molecule has 2 rings (SSSR count). The highest BCUT2D eigenvalue weighted by atomic mass is 31.1. The Balaban J connectivity index is 2.33. The number of phenols is 1. The molecule has 0 saturated carbocycles. The van der Waals surface area contributed by atoms with Crippen LogP contribution in [0.5, 0.6) is 5.75 Å². The molecule has 0 saturated heterocycles. The Hall–Kier alpha value is -1.37. The van der Waals surface area contributed by atoms with Gasteiger partial charge in [-0.2, -0.15) is 0 Å². The van der Waals surface area contributed by atoms with E-state index in [1.165, 1.54) is 16.4 Å². The van der Waals surface area contributed by atoms with E-state index in [0.717, 1.165) is 18.4 Å². The Morgan fingerprint density at radius 1 is 1.10 bits per heavy atom. The zero-order valence-electron chi connectivity index (χ0n) is 12.4. The molecule has 0 aliphatic carbocycles. The first kappa shape index (κ1) is 15.0. The van der Waals surface area contributed by atoms with Crippen LogP contribution < -0.4 is 10.6 Å². The predicted molar refractivity (Wildman–Crippen MR) is 88.9 cm³/mol. The molecule has 0 fully saturated rings. The van der Waals surface area contributed by atoms with Gasteiger partial charge in [-0.1, -0.05) is 51.9 Å². The second-order valence-corrected chi connectivity index (χ2v) is 6.37. The maximum atomic E-state index is 9.98. The van der Waals surface area contributed by atoms with Crippen LogP contribution in [0.2, 0.25) is 0 Å². The molecule has 0 amide bonds. The molecule has 0 aromatic heterocycles. The van der Waals surface area contributed by atoms with Crippen LogP contribution in [0.25, 0.3) is 0 Å². The Labute approximate surface area is 123 Å². The minimum absolute atomic E-state index is 0.392. The molecule has 3 heteroatoms. The van der Waals surface area contributed by atoms with Crippen molar-refractivity contribution in [2.45, 2.75) is 20.4 Å². The van der Waals surface area contributed by atoms with E-state index in [4.69, 9.17) is 0 Å². The summed E-state index contributed by atoms with van der Waals surface area (Å²) < 4.78 is 0. The molecule has 1 N–H and O–H groups in total. The lowest BCUT2D eigenvalue weighted by atomic mass is 10.1.